The number of anilines is 1. The summed E-state index contributed by atoms with van der Waals surface area (Å²) in [7, 11) is 3.29. The predicted octanol–water partition coefficient (Wildman–Crippen LogP) is 2.77. The maximum atomic E-state index is 13.2. The second-order valence-corrected chi connectivity index (χ2v) is 3.16. The van der Waals surface area contributed by atoms with Gasteiger partial charge in [0.15, 0.2) is 11.6 Å². The first-order chi connectivity index (χ1) is 6.07. The Labute approximate surface area is 80.9 Å². The number of hydrogen-bond acceptors (Lipinski definition) is 1. The van der Waals surface area contributed by atoms with Gasteiger partial charge in [-0.1, -0.05) is 6.07 Å². The number of alkyl halides is 1. The van der Waals surface area contributed by atoms with Gasteiger partial charge in [0, 0.05) is 20.0 Å². The lowest BCUT2D eigenvalue weighted by Crippen LogP contribution is -2.14. The Morgan fingerprint density at radius 1 is 1.31 bits per heavy atom. The highest BCUT2D eigenvalue weighted by atomic mass is 35.5. The van der Waals surface area contributed by atoms with Gasteiger partial charge < -0.3 is 4.90 Å². The average Bonchev–Trinajstić information content (AvgIpc) is 2.08. The molecule has 0 fully saturated rings. The van der Waals surface area contributed by atoms with Crippen molar-refractivity contribution in [1.82, 2.24) is 0 Å². The second-order valence-electron chi connectivity index (χ2n) is 2.90. The van der Waals surface area contributed by atoms with Gasteiger partial charge in [0.1, 0.15) is 0 Å². The molecule has 0 radical (unpaired) electrons. The molecule has 0 aliphatic heterocycles. The minimum Gasteiger partial charge on any atom is -0.375 e. The molecule has 0 amide bonds. The van der Waals surface area contributed by atoms with Crippen LogP contribution in [0.15, 0.2) is 12.1 Å². The van der Waals surface area contributed by atoms with Gasteiger partial charge in [-0.3, -0.25) is 0 Å². The van der Waals surface area contributed by atoms with E-state index in [0.717, 1.165) is 6.07 Å². The summed E-state index contributed by atoms with van der Waals surface area (Å²) < 4.78 is 26.0. The molecule has 0 aliphatic rings. The standard InChI is InChI=1S/C9H10ClF2N/c1-13(2)9-6(5-10)3-4-7(11)8(9)12/h3-4H,5H2,1-2H3. The molecule has 0 atom stereocenters. The van der Waals surface area contributed by atoms with Crippen LogP contribution in [0.25, 0.3) is 0 Å². The molecule has 1 aromatic rings. The van der Waals surface area contributed by atoms with Gasteiger partial charge in [0.05, 0.1) is 5.69 Å². The molecular weight excluding hydrogens is 196 g/mol. The number of rotatable bonds is 2. The van der Waals surface area contributed by atoms with Crippen molar-refractivity contribution >= 4 is 17.3 Å². The van der Waals surface area contributed by atoms with Crippen molar-refractivity contribution in [3.05, 3.63) is 29.3 Å². The van der Waals surface area contributed by atoms with Crippen molar-refractivity contribution in [3.63, 3.8) is 0 Å². The molecule has 0 spiro atoms. The maximum Gasteiger partial charge on any atom is 0.182 e. The zero-order valence-electron chi connectivity index (χ0n) is 7.44. The van der Waals surface area contributed by atoms with Crippen LogP contribution >= 0.6 is 11.6 Å². The van der Waals surface area contributed by atoms with Crippen LogP contribution in [0.4, 0.5) is 14.5 Å². The van der Waals surface area contributed by atoms with Crippen molar-refractivity contribution < 1.29 is 8.78 Å². The highest BCUT2D eigenvalue weighted by molar-refractivity contribution is 6.17. The molecule has 0 heterocycles. The van der Waals surface area contributed by atoms with Crippen LogP contribution in [0, 0.1) is 11.6 Å². The van der Waals surface area contributed by atoms with E-state index >= 15 is 0 Å². The number of nitrogens with zero attached hydrogens (tertiary/aromatic N) is 1. The Bertz CT molecular complexity index is 313. The van der Waals surface area contributed by atoms with E-state index in [1.54, 1.807) is 14.1 Å². The third kappa shape index (κ3) is 1.91. The van der Waals surface area contributed by atoms with E-state index in [9.17, 15) is 8.78 Å². The van der Waals surface area contributed by atoms with Crippen molar-refractivity contribution in [2.24, 2.45) is 0 Å². The van der Waals surface area contributed by atoms with Gasteiger partial charge >= 0.3 is 0 Å². The lowest BCUT2D eigenvalue weighted by atomic mass is 10.1. The lowest BCUT2D eigenvalue weighted by molar-refractivity contribution is 0.508. The summed E-state index contributed by atoms with van der Waals surface area (Å²) in [6.45, 7) is 0. The quantitative estimate of drug-likeness (QED) is 0.672. The van der Waals surface area contributed by atoms with Gasteiger partial charge in [-0.25, -0.2) is 8.78 Å². The Kier molecular flexibility index (Phi) is 3.09. The zero-order chi connectivity index (χ0) is 10.0. The fourth-order valence-corrected chi connectivity index (χ4v) is 1.39. The van der Waals surface area contributed by atoms with Crippen molar-refractivity contribution in [1.29, 1.82) is 0 Å². The first kappa shape index (κ1) is 10.3. The van der Waals surface area contributed by atoms with E-state index in [2.05, 4.69) is 0 Å². The fraction of sp³-hybridized carbons (Fsp3) is 0.333. The largest absolute Gasteiger partial charge is 0.375 e. The topological polar surface area (TPSA) is 3.24 Å². The van der Waals surface area contributed by atoms with Crippen LogP contribution in [-0.2, 0) is 5.88 Å². The summed E-state index contributed by atoms with van der Waals surface area (Å²) in [5.74, 6) is -1.52. The maximum absolute atomic E-state index is 13.2. The molecule has 0 N–H and O–H groups in total. The van der Waals surface area contributed by atoms with E-state index in [4.69, 9.17) is 11.6 Å². The molecule has 0 aromatic heterocycles. The number of benzene rings is 1. The highest BCUT2D eigenvalue weighted by Crippen LogP contribution is 2.26. The van der Waals surface area contributed by atoms with Crippen LogP contribution in [0.1, 0.15) is 5.56 Å². The molecule has 0 bridgehead atoms. The van der Waals surface area contributed by atoms with Gasteiger partial charge in [0.25, 0.3) is 0 Å². The average molecular weight is 206 g/mol. The second kappa shape index (κ2) is 3.92. The minimum absolute atomic E-state index is 0.171. The van der Waals surface area contributed by atoms with Crippen molar-refractivity contribution in [2.75, 3.05) is 19.0 Å². The molecule has 4 heteroatoms. The monoisotopic (exact) mass is 205 g/mol. The highest BCUT2D eigenvalue weighted by Gasteiger charge is 2.14. The first-order valence-corrected chi connectivity index (χ1v) is 4.31. The first-order valence-electron chi connectivity index (χ1n) is 3.78. The lowest BCUT2D eigenvalue weighted by Gasteiger charge is -2.17. The molecule has 0 saturated carbocycles. The van der Waals surface area contributed by atoms with Crippen LogP contribution in [0.5, 0.6) is 0 Å². The fourth-order valence-electron chi connectivity index (χ4n) is 1.17. The van der Waals surface area contributed by atoms with Crippen molar-refractivity contribution in [3.8, 4) is 0 Å². The van der Waals surface area contributed by atoms with E-state index < -0.39 is 11.6 Å². The molecular formula is C9H10ClF2N. The summed E-state index contributed by atoms with van der Waals surface area (Å²) in [5, 5.41) is 0. The number of hydrogen-bond donors (Lipinski definition) is 0. The summed E-state index contributed by atoms with van der Waals surface area (Å²) in [6, 6.07) is 2.57. The Hall–Kier alpha value is -0.830. The third-order valence-corrected chi connectivity index (χ3v) is 2.03. The van der Waals surface area contributed by atoms with Gasteiger partial charge in [-0.15, -0.1) is 11.6 Å². The van der Waals surface area contributed by atoms with E-state index in [1.807, 2.05) is 0 Å². The Balaban J connectivity index is 3.32. The predicted molar refractivity (Wildman–Crippen MR) is 50.2 cm³/mol. The number of halogens is 3. The summed E-state index contributed by atoms with van der Waals surface area (Å²) >= 11 is 5.58. The Morgan fingerprint density at radius 2 is 1.92 bits per heavy atom. The van der Waals surface area contributed by atoms with E-state index in [0.29, 0.717) is 5.56 Å². The molecule has 0 saturated heterocycles. The van der Waals surface area contributed by atoms with Gasteiger partial charge in [-0.2, -0.15) is 0 Å². The van der Waals surface area contributed by atoms with Crippen LogP contribution in [0.3, 0.4) is 0 Å². The van der Waals surface area contributed by atoms with Gasteiger partial charge in [0.2, 0.25) is 0 Å². The van der Waals surface area contributed by atoms with E-state index in [1.165, 1.54) is 11.0 Å². The van der Waals surface area contributed by atoms with Crippen LogP contribution in [-0.4, -0.2) is 14.1 Å². The van der Waals surface area contributed by atoms with Crippen molar-refractivity contribution in [2.45, 2.75) is 5.88 Å². The molecule has 0 aliphatic carbocycles. The molecule has 0 unspecified atom stereocenters. The minimum atomic E-state index is -0.849. The summed E-state index contributed by atoms with van der Waals surface area (Å²) in [5.41, 5.74) is 0.806. The SMILES string of the molecule is CN(C)c1c(CCl)ccc(F)c1F. The molecule has 1 rings (SSSR count). The molecule has 72 valence electrons. The van der Waals surface area contributed by atoms with Crippen LogP contribution in [0.2, 0.25) is 0 Å². The Morgan fingerprint density at radius 3 is 2.38 bits per heavy atom. The third-order valence-electron chi connectivity index (χ3n) is 1.74. The summed E-state index contributed by atoms with van der Waals surface area (Å²) in [4.78, 5) is 1.51. The van der Waals surface area contributed by atoms with Crippen LogP contribution < -0.4 is 4.90 Å². The van der Waals surface area contributed by atoms with E-state index in [-0.39, 0.29) is 11.6 Å². The normalized spacial score (nSPS) is 10.2. The van der Waals surface area contributed by atoms with Gasteiger partial charge in [-0.05, 0) is 11.6 Å². The molecule has 1 nitrogen and oxygen atoms in total. The molecule has 1 aromatic carbocycles. The smallest absolute Gasteiger partial charge is 0.182 e. The summed E-state index contributed by atoms with van der Waals surface area (Å²) in [6.07, 6.45) is 0. The zero-order valence-corrected chi connectivity index (χ0v) is 8.20. The molecule has 13 heavy (non-hydrogen) atoms.